The van der Waals surface area contributed by atoms with Crippen LogP contribution in [0.25, 0.3) is 0 Å². The number of carbonyl (C=O) groups excluding carboxylic acids is 1. The Morgan fingerprint density at radius 3 is 2.82 bits per heavy atom. The molecule has 0 saturated heterocycles. The summed E-state index contributed by atoms with van der Waals surface area (Å²) < 4.78 is 0.908. The van der Waals surface area contributed by atoms with Gasteiger partial charge in [-0.3, -0.25) is 4.79 Å². The fraction of sp³-hybridized carbons (Fsp3) is 0.417. The molecule has 0 aromatic heterocycles. The van der Waals surface area contributed by atoms with E-state index in [0.717, 1.165) is 23.1 Å². The number of nitrogens with one attached hydrogen (secondary N) is 2. The van der Waals surface area contributed by atoms with Gasteiger partial charge in [0.25, 0.3) is 5.91 Å². The lowest BCUT2D eigenvalue weighted by Crippen LogP contribution is -2.32. The first-order valence-corrected chi connectivity index (χ1v) is 7.04. The molecule has 0 unspecified atom stereocenters. The second-order valence-electron chi connectivity index (χ2n) is 3.63. The molecule has 17 heavy (non-hydrogen) atoms. The van der Waals surface area contributed by atoms with Crippen LogP contribution in [0.2, 0.25) is 5.02 Å². The number of carbonyl (C=O) groups is 1. The summed E-state index contributed by atoms with van der Waals surface area (Å²) in [6.07, 6.45) is 1.10. The number of benzene rings is 1. The lowest BCUT2D eigenvalue weighted by atomic mass is 10.2. The third-order valence-electron chi connectivity index (χ3n) is 2.19. The van der Waals surface area contributed by atoms with Crippen molar-refractivity contribution in [2.45, 2.75) is 13.3 Å². The minimum Gasteiger partial charge on any atom is -0.351 e. The molecule has 0 spiro atoms. The van der Waals surface area contributed by atoms with E-state index in [1.54, 1.807) is 12.1 Å². The maximum Gasteiger partial charge on any atom is 0.252 e. The number of hydrogen-bond donors (Lipinski definition) is 2. The molecule has 0 aliphatic rings. The topological polar surface area (TPSA) is 41.1 Å². The molecule has 0 bridgehead atoms. The average molecular weight is 367 g/mol. The minimum absolute atomic E-state index is 0.0739. The van der Waals surface area contributed by atoms with E-state index in [-0.39, 0.29) is 5.91 Å². The van der Waals surface area contributed by atoms with Crippen molar-refractivity contribution in [3.05, 3.63) is 32.4 Å². The predicted octanol–water partition coefficient (Wildman–Crippen LogP) is 2.67. The quantitative estimate of drug-likeness (QED) is 0.600. The maximum atomic E-state index is 11.8. The van der Waals surface area contributed by atoms with E-state index >= 15 is 0 Å². The first kappa shape index (κ1) is 14.7. The van der Waals surface area contributed by atoms with Crippen LogP contribution in [0.4, 0.5) is 0 Å². The molecule has 1 aromatic rings. The Morgan fingerprint density at radius 2 is 2.12 bits per heavy atom. The van der Waals surface area contributed by atoms with Crippen molar-refractivity contribution < 1.29 is 4.79 Å². The number of amides is 1. The number of hydrogen-bond acceptors (Lipinski definition) is 2. The Bertz CT molecular complexity index is 385. The molecule has 3 nitrogen and oxygen atoms in total. The van der Waals surface area contributed by atoms with Gasteiger partial charge in [-0.25, -0.2) is 0 Å². The fourth-order valence-corrected chi connectivity index (χ4v) is 2.09. The van der Waals surface area contributed by atoms with Crippen LogP contribution in [0.1, 0.15) is 23.7 Å². The fourth-order valence-electron chi connectivity index (χ4n) is 1.33. The van der Waals surface area contributed by atoms with Gasteiger partial charge >= 0.3 is 0 Å². The highest BCUT2D eigenvalue weighted by atomic mass is 127. The van der Waals surface area contributed by atoms with Crippen LogP contribution in [-0.2, 0) is 0 Å². The average Bonchev–Trinajstić information content (AvgIpc) is 2.32. The molecule has 0 saturated carbocycles. The Kier molecular flexibility index (Phi) is 6.84. The number of rotatable bonds is 6. The van der Waals surface area contributed by atoms with Crippen molar-refractivity contribution in [2.75, 3.05) is 19.6 Å². The van der Waals surface area contributed by atoms with Crippen molar-refractivity contribution >= 4 is 40.1 Å². The molecule has 0 aliphatic heterocycles. The third kappa shape index (κ3) is 5.23. The largest absolute Gasteiger partial charge is 0.351 e. The lowest BCUT2D eigenvalue weighted by molar-refractivity contribution is 0.0953. The summed E-state index contributed by atoms with van der Waals surface area (Å²) in [6, 6.07) is 5.31. The van der Waals surface area contributed by atoms with Gasteiger partial charge < -0.3 is 10.6 Å². The monoisotopic (exact) mass is 366 g/mol. The smallest absolute Gasteiger partial charge is 0.252 e. The molecule has 0 atom stereocenters. The predicted molar refractivity (Wildman–Crippen MR) is 79.7 cm³/mol. The second-order valence-corrected chi connectivity index (χ2v) is 5.23. The van der Waals surface area contributed by atoms with Crippen molar-refractivity contribution in [1.29, 1.82) is 0 Å². The maximum absolute atomic E-state index is 11.8. The van der Waals surface area contributed by atoms with Crippen LogP contribution in [-0.4, -0.2) is 25.5 Å². The summed E-state index contributed by atoms with van der Waals surface area (Å²) in [6.45, 7) is 4.50. The molecular formula is C12H16ClIN2O. The molecule has 94 valence electrons. The molecule has 0 heterocycles. The van der Waals surface area contributed by atoms with Gasteiger partial charge in [0.15, 0.2) is 0 Å². The molecule has 2 N–H and O–H groups in total. The summed E-state index contributed by atoms with van der Waals surface area (Å²) in [7, 11) is 0. The zero-order valence-electron chi connectivity index (χ0n) is 9.72. The molecule has 1 amide bonds. The van der Waals surface area contributed by atoms with E-state index < -0.39 is 0 Å². The van der Waals surface area contributed by atoms with Gasteiger partial charge in [0, 0.05) is 21.7 Å². The molecule has 0 fully saturated rings. The summed E-state index contributed by atoms with van der Waals surface area (Å²) >= 11 is 8.00. The van der Waals surface area contributed by atoms with Crippen molar-refractivity contribution in [3.63, 3.8) is 0 Å². The molecule has 1 aromatic carbocycles. The van der Waals surface area contributed by atoms with E-state index in [2.05, 4.69) is 40.1 Å². The Morgan fingerprint density at radius 1 is 1.35 bits per heavy atom. The van der Waals surface area contributed by atoms with E-state index in [1.165, 1.54) is 0 Å². The van der Waals surface area contributed by atoms with Crippen molar-refractivity contribution in [1.82, 2.24) is 10.6 Å². The second kappa shape index (κ2) is 7.89. The normalized spacial score (nSPS) is 10.3. The number of halogens is 2. The first-order chi connectivity index (χ1) is 8.15. The highest BCUT2D eigenvalue weighted by molar-refractivity contribution is 14.1. The SMILES string of the molecule is CCCNCCNC(=O)c1cc(Cl)ccc1I. The summed E-state index contributed by atoms with van der Waals surface area (Å²) in [5, 5.41) is 6.67. The highest BCUT2D eigenvalue weighted by Crippen LogP contribution is 2.17. The van der Waals surface area contributed by atoms with Crippen molar-refractivity contribution in [2.24, 2.45) is 0 Å². The van der Waals surface area contributed by atoms with Gasteiger partial charge in [0.1, 0.15) is 0 Å². The van der Waals surface area contributed by atoms with Gasteiger partial charge in [-0.15, -0.1) is 0 Å². The third-order valence-corrected chi connectivity index (χ3v) is 3.36. The van der Waals surface area contributed by atoms with Crippen LogP contribution >= 0.6 is 34.2 Å². The van der Waals surface area contributed by atoms with E-state index in [4.69, 9.17) is 11.6 Å². The van der Waals surface area contributed by atoms with Crippen LogP contribution in [0.5, 0.6) is 0 Å². The minimum atomic E-state index is -0.0739. The van der Waals surface area contributed by atoms with Crippen LogP contribution in [0, 0.1) is 3.57 Å². The molecule has 5 heteroatoms. The zero-order valence-corrected chi connectivity index (χ0v) is 12.6. The molecular weight excluding hydrogens is 351 g/mol. The Labute approximate surface area is 120 Å². The van der Waals surface area contributed by atoms with Crippen LogP contribution in [0.15, 0.2) is 18.2 Å². The van der Waals surface area contributed by atoms with Gasteiger partial charge in [0.05, 0.1) is 5.56 Å². The molecule has 0 radical (unpaired) electrons. The van der Waals surface area contributed by atoms with Crippen LogP contribution in [0.3, 0.4) is 0 Å². The van der Waals surface area contributed by atoms with E-state index in [1.807, 2.05) is 6.07 Å². The van der Waals surface area contributed by atoms with Gasteiger partial charge in [0.2, 0.25) is 0 Å². The zero-order chi connectivity index (χ0) is 12.7. The summed E-state index contributed by atoms with van der Waals surface area (Å²) in [5.74, 6) is -0.0739. The van der Waals surface area contributed by atoms with E-state index in [9.17, 15) is 4.79 Å². The van der Waals surface area contributed by atoms with Gasteiger partial charge in [-0.2, -0.15) is 0 Å². The van der Waals surface area contributed by atoms with Gasteiger partial charge in [-0.05, 0) is 53.8 Å². The highest BCUT2D eigenvalue weighted by Gasteiger charge is 2.09. The van der Waals surface area contributed by atoms with Gasteiger partial charge in [-0.1, -0.05) is 18.5 Å². The Hall–Kier alpha value is -0.330. The first-order valence-electron chi connectivity index (χ1n) is 5.59. The summed E-state index contributed by atoms with van der Waals surface area (Å²) in [5.41, 5.74) is 0.633. The lowest BCUT2D eigenvalue weighted by Gasteiger charge is -2.07. The van der Waals surface area contributed by atoms with Crippen LogP contribution < -0.4 is 10.6 Å². The van der Waals surface area contributed by atoms with Crippen molar-refractivity contribution in [3.8, 4) is 0 Å². The molecule has 1 rings (SSSR count). The Balaban J connectivity index is 2.44. The molecule has 0 aliphatic carbocycles. The van der Waals surface area contributed by atoms with E-state index in [0.29, 0.717) is 17.1 Å². The summed E-state index contributed by atoms with van der Waals surface area (Å²) in [4.78, 5) is 11.8. The standard InChI is InChI=1S/C12H16ClIN2O/c1-2-5-15-6-7-16-12(17)10-8-9(13)3-4-11(10)14/h3-4,8,15H,2,5-7H2,1H3,(H,16,17).